The number of benzene rings is 1. The summed E-state index contributed by atoms with van der Waals surface area (Å²) < 4.78 is 0. The smallest absolute Gasteiger partial charge is 0.137 e. The molecule has 0 amide bonds. The van der Waals surface area contributed by atoms with Gasteiger partial charge >= 0.3 is 0 Å². The van der Waals surface area contributed by atoms with E-state index in [0.717, 1.165) is 29.8 Å². The molecule has 102 valence electrons. The highest BCUT2D eigenvalue weighted by Gasteiger charge is 2.08. The molecule has 4 nitrogen and oxygen atoms in total. The third-order valence-electron chi connectivity index (χ3n) is 2.94. The molecular formula is C15H15ClN4. The Morgan fingerprint density at radius 2 is 2.00 bits per heavy atom. The molecule has 0 aliphatic heterocycles. The van der Waals surface area contributed by atoms with Crippen molar-refractivity contribution >= 4 is 17.4 Å². The molecule has 1 aromatic carbocycles. The minimum absolute atomic E-state index is 0.504. The summed E-state index contributed by atoms with van der Waals surface area (Å²) in [5.41, 5.74) is 2.69. The number of hydrogen-bond acceptors (Lipinski definition) is 4. The van der Waals surface area contributed by atoms with Gasteiger partial charge in [-0.2, -0.15) is 5.26 Å². The van der Waals surface area contributed by atoms with Crippen LogP contribution in [0.4, 0.5) is 5.82 Å². The van der Waals surface area contributed by atoms with Crippen molar-refractivity contribution < 1.29 is 0 Å². The van der Waals surface area contributed by atoms with Crippen molar-refractivity contribution in [2.24, 2.45) is 0 Å². The molecule has 0 saturated carbocycles. The van der Waals surface area contributed by atoms with Crippen molar-refractivity contribution in [3.8, 4) is 6.07 Å². The van der Waals surface area contributed by atoms with Gasteiger partial charge in [0.15, 0.2) is 0 Å². The number of hydrogen-bond donors (Lipinski definition) is 1. The Morgan fingerprint density at radius 1 is 1.25 bits per heavy atom. The van der Waals surface area contributed by atoms with E-state index in [0.29, 0.717) is 17.3 Å². The second-order valence-corrected chi connectivity index (χ2v) is 4.76. The molecular weight excluding hydrogens is 272 g/mol. The lowest BCUT2D eigenvalue weighted by Crippen LogP contribution is -2.06. The van der Waals surface area contributed by atoms with Crippen LogP contribution in [-0.2, 0) is 13.0 Å². The van der Waals surface area contributed by atoms with Gasteiger partial charge in [-0.25, -0.2) is 9.97 Å². The summed E-state index contributed by atoms with van der Waals surface area (Å²) in [7, 11) is 0. The number of aromatic nitrogens is 2. The maximum absolute atomic E-state index is 8.77. The van der Waals surface area contributed by atoms with Crippen LogP contribution >= 0.6 is 11.6 Å². The monoisotopic (exact) mass is 286 g/mol. The highest BCUT2D eigenvalue weighted by Crippen LogP contribution is 2.21. The number of nitrogens with zero attached hydrogens (tertiary/aromatic N) is 3. The predicted molar refractivity (Wildman–Crippen MR) is 79.5 cm³/mol. The molecule has 20 heavy (non-hydrogen) atoms. The highest BCUT2D eigenvalue weighted by atomic mass is 35.5. The molecule has 0 saturated heterocycles. The summed E-state index contributed by atoms with van der Waals surface area (Å²) in [6.45, 7) is 2.73. The quantitative estimate of drug-likeness (QED) is 0.854. The van der Waals surface area contributed by atoms with Gasteiger partial charge in [0.05, 0.1) is 11.6 Å². The van der Waals surface area contributed by atoms with E-state index in [-0.39, 0.29) is 0 Å². The van der Waals surface area contributed by atoms with Crippen LogP contribution in [-0.4, -0.2) is 9.97 Å². The van der Waals surface area contributed by atoms with Gasteiger partial charge < -0.3 is 5.32 Å². The van der Waals surface area contributed by atoms with Gasteiger partial charge in [-0.3, -0.25) is 0 Å². The van der Waals surface area contributed by atoms with Gasteiger partial charge in [-0.1, -0.05) is 37.1 Å². The molecule has 0 radical (unpaired) electrons. The molecule has 0 bridgehead atoms. The van der Waals surface area contributed by atoms with Gasteiger partial charge in [-0.15, -0.1) is 0 Å². The van der Waals surface area contributed by atoms with E-state index in [1.165, 1.54) is 6.33 Å². The van der Waals surface area contributed by atoms with Crippen LogP contribution in [0.5, 0.6) is 0 Å². The van der Waals surface area contributed by atoms with E-state index in [9.17, 15) is 0 Å². The van der Waals surface area contributed by atoms with Crippen molar-refractivity contribution in [1.82, 2.24) is 9.97 Å². The number of nitrogens with one attached hydrogen (secondary N) is 1. The second kappa shape index (κ2) is 6.88. The number of halogens is 1. The lowest BCUT2D eigenvalue weighted by molar-refractivity contribution is 0.897. The fraction of sp³-hybridized carbons (Fsp3) is 0.267. The standard InChI is InChI=1S/C15H15ClN4/c1-2-3-13-14(16)19-10-20-15(13)18-9-12-6-4-11(8-17)5-7-12/h4-7,10H,2-3,9H2,1H3,(H,18,19,20). The van der Waals surface area contributed by atoms with Crippen LogP contribution in [0.3, 0.4) is 0 Å². The SMILES string of the molecule is CCCc1c(Cl)ncnc1NCc1ccc(C#N)cc1. The van der Waals surface area contributed by atoms with Gasteiger partial charge in [0, 0.05) is 12.1 Å². The van der Waals surface area contributed by atoms with E-state index < -0.39 is 0 Å². The molecule has 0 aliphatic carbocycles. The van der Waals surface area contributed by atoms with Crippen LogP contribution in [0.2, 0.25) is 5.15 Å². The summed E-state index contributed by atoms with van der Waals surface area (Å²) in [5.74, 6) is 0.774. The third kappa shape index (κ3) is 3.46. The first kappa shape index (κ1) is 14.3. The molecule has 5 heteroatoms. The Morgan fingerprint density at radius 3 is 2.65 bits per heavy atom. The average molecular weight is 287 g/mol. The van der Waals surface area contributed by atoms with Crippen molar-refractivity contribution in [3.05, 3.63) is 52.4 Å². The molecule has 0 spiro atoms. The van der Waals surface area contributed by atoms with E-state index in [4.69, 9.17) is 16.9 Å². The largest absolute Gasteiger partial charge is 0.366 e. The van der Waals surface area contributed by atoms with Crippen LogP contribution in [0.15, 0.2) is 30.6 Å². The summed E-state index contributed by atoms with van der Waals surface area (Å²) in [6.07, 6.45) is 3.29. The predicted octanol–water partition coefficient (Wildman–Crippen LogP) is 3.57. The fourth-order valence-corrected chi connectivity index (χ4v) is 2.13. The van der Waals surface area contributed by atoms with E-state index in [1.54, 1.807) is 12.1 Å². The first-order valence-corrected chi connectivity index (χ1v) is 6.84. The van der Waals surface area contributed by atoms with Crippen LogP contribution < -0.4 is 5.32 Å². The Labute approximate surface area is 123 Å². The third-order valence-corrected chi connectivity index (χ3v) is 3.26. The molecule has 1 heterocycles. The number of nitriles is 1. The summed E-state index contributed by atoms with van der Waals surface area (Å²) >= 11 is 6.10. The molecule has 1 aromatic heterocycles. The number of anilines is 1. The first-order valence-electron chi connectivity index (χ1n) is 6.47. The molecule has 0 atom stereocenters. The van der Waals surface area contributed by atoms with Crippen molar-refractivity contribution in [2.45, 2.75) is 26.3 Å². The molecule has 0 fully saturated rings. The van der Waals surface area contributed by atoms with Crippen LogP contribution in [0, 0.1) is 11.3 Å². The van der Waals surface area contributed by atoms with Crippen LogP contribution in [0.25, 0.3) is 0 Å². The fourth-order valence-electron chi connectivity index (χ4n) is 1.90. The van der Waals surface area contributed by atoms with E-state index in [2.05, 4.69) is 28.3 Å². The molecule has 1 N–H and O–H groups in total. The summed E-state index contributed by atoms with van der Waals surface area (Å²) in [5, 5.41) is 12.5. The Kier molecular flexibility index (Phi) is 4.91. The first-order chi connectivity index (χ1) is 9.74. The Bertz CT molecular complexity index is 617. The minimum atomic E-state index is 0.504. The van der Waals surface area contributed by atoms with Gasteiger partial charge in [0.1, 0.15) is 17.3 Å². The molecule has 0 aliphatic rings. The van der Waals surface area contributed by atoms with Crippen molar-refractivity contribution in [1.29, 1.82) is 5.26 Å². The maximum Gasteiger partial charge on any atom is 0.137 e. The lowest BCUT2D eigenvalue weighted by atomic mass is 10.1. The summed E-state index contributed by atoms with van der Waals surface area (Å²) in [4.78, 5) is 8.26. The zero-order valence-corrected chi connectivity index (χ0v) is 12.0. The summed E-state index contributed by atoms with van der Waals surface area (Å²) in [6, 6.07) is 9.56. The minimum Gasteiger partial charge on any atom is -0.366 e. The molecule has 2 aromatic rings. The zero-order valence-electron chi connectivity index (χ0n) is 11.2. The van der Waals surface area contributed by atoms with Gasteiger partial charge in [-0.05, 0) is 24.1 Å². The normalized spacial score (nSPS) is 10.1. The van der Waals surface area contributed by atoms with Gasteiger partial charge in [0.2, 0.25) is 0 Å². The van der Waals surface area contributed by atoms with E-state index >= 15 is 0 Å². The molecule has 2 rings (SSSR count). The Hall–Kier alpha value is -2.12. The second-order valence-electron chi connectivity index (χ2n) is 4.40. The number of rotatable bonds is 5. The topological polar surface area (TPSA) is 61.6 Å². The van der Waals surface area contributed by atoms with Gasteiger partial charge in [0.25, 0.3) is 0 Å². The highest BCUT2D eigenvalue weighted by molar-refractivity contribution is 6.30. The van der Waals surface area contributed by atoms with Crippen molar-refractivity contribution in [2.75, 3.05) is 5.32 Å². The zero-order chi connectivity index (χ0) is 14.4. The van der Waals surface area contributed by atoms with E-state index in [1.807, 2.05) is 12.1 Å². The molecule has 0 unspecified atom stereocenters. The van der Waals surface area contributed by atoms with Crippen LogP contribution in [0.1, 0.15) is 30.0 Å². The Balaban J connectivity index is 2.10. The average Bonchev–Trinajstić information content (AvgIpc) is 2.48. The maximum atomic E-state index is 8.77. The van der Waals surface area contributed by atoms with Crippen molar-refractivity contribution in [3.63, 3.8) is 0 Å². The lowest BCUT2D eigenvalue weighted by Gasteiger charge is -2.11.